The molecule has 3 rings (SSSR count). The van der Waals surface area contributed by atoms with Crippen molar-refractivity contribution in [2.24, 2.45) is 10.9 Å². The molecular weight excluding hydrogens is 258 g/mol. The number of carboxylic acids is 1. The fourth-order valence-corrected chi connectivity index (χ4v) is 2.84. The van der Waals surface area contributed by atoms with Gasteiger partial charge in [-0.1, -0.05) is 6.07 Å². The molecule has 2 aliphatic rings. The van der Waals surface area contributed by atoms with Gasteiger partial charge < -0.3 is 14.6 Å². The van der Waals surface area contributed by atoms with Crippen LogP contribution in [0.25, 0.3) is 0 Å². The SMILES string of the molecule is COc1cccc(C2=NC3CC(C(=O)O)CCC3O2)c1. The Morgan fingerprint density at radius 3 is 3.05 bits per heavy atom. The molecule has 20 heavy (non-hydrogen) atoms. The smallest absolute Gasteiger partial charge is 0.306 e. The van der Waals surface area contributed by atoms with Gasteiger partial charge in [-0.3, -0.25) is 4.79 Å². The van der Waals surface area contributed by atoms with E-state index < -0.39 is 5.97 Å². The van der Waals surface area contributed by atoms with Crippen LogP contribution < -0.4 is 4.74 Å². The van der Waals surface area contributed by atoms with Crippen molar-refractivity contribution in [2.45, 2.75) is 31.4 Å². The minimum atomic E-state index is -0.728. The highest BCUT2D eigenvalue weighted by molar-refractivity contribution is 5.95. The second-order valence-corrected chi connectivity index (χ2v) is 5.24. The largest absolute Gasteiger partial charge is 0.497 e. The van der Waals surface area contributed by atoms with E-state index in [4.69, 9.17) is 14.6 Å². The van der Waals surface area contributed by atoms with Gasteiger partial charge >= 0.3 is 5.97 Å². The maximum Gasteiger partial charge on any atom is 0.306 e. The number of methoxy groups -OCH3 is 1. The molecule has 0 aromatic heterocycles. The minimum absolute atomic E-state index is 0.0202. The third-order valence-corrected chi connectivity index (χ3v) is 3.97. The third kappa shape index (κ3) is 2.35. The highest BCUT2D eigenvalue weighted by Crippen LogP contribution is 2.34. The summed E-state index contributed by atoms with van der Waals surface area (Å²) in [5.41, 5.74) is 0.880. The Hall–Kier alpha value is -2.04. The topological polar surface area (TPSA) is 68.1 Å². The molecule has 1 fully saturated rings. The van der Waals surface area contributed by atoms with Gasteiger partial charge in [0.1, 0.15) is 11.9 Å². The van der Waals surface area contributed by atoms with Gasteiger partial charge in [-0.15, -0.1) is 0 Å². The number of hydrogen-bond acceptors (Lipinski definition) is 4. The molecule has 5 nitrogen and oxygen atoms in total. The van der Waals surface area contributed by atoms with Crippen molar-refractivity contribution >= 4 is 11.9 Å². The number of ether oxygens (including phenoxy) is 2. The number of carboxylic acid groups (broad SMARTS) is 1. The zero-order valence-corrected chi connectivity index (χ0v) is 11.3. The Morgan fingerprint density at radius 2 is 2.30 bits per heavy atom. The molecule has 0 spiro atoms. The zero-order valence-electron chi connectivity index (χ0n) is 11.3. The van der Waals surface area contributed by atoms with Gasteiger partial charge in [0.25, 0.3) is 0 Å². The van der Waals surface area contributed by atoms with E-state index in [0.29, 0.717) is 18.7 Å². The van der Waals surface area contributed by atoms with Crippen LogP contribution >= 0.6 is 0 Å². The van der Waals surface area contributed by atoms with Crippen molar-refractivity contribution in [2.75, 3.05) is 7.11 Å². The molecule has 0 radical (unpaired) electrons. The number of aliphatic imine (C=N–C) groups is 1. The van der Waals surface area contributed by atoms with Crippen LogP contribution in [-0.4, -0.2) is 36.2 Å². The second kappa shape index (κ2) is 5.15. The molecular formula is C15H17NO4. The normalized spacial score (nSPS) is 28.2. The second-order valence-electron chi connectivity index (χ2n) is 5.24. The van der Waals surface area contributed by atoms with E-state index in [-0.39, 0.29) is 18.1 Å². The number of benzene rings is 1. The van der Waals surface area contributed by atoms with E-state index >= 15 is 0 Å². The third-order valence-electron chi connectivity index (χ3n) is 3.97. The first-order chi connectivity index (χ1) is 9.67. The quantitative estimate of drug-likeness (QED) is 0.917. The lowest BCUT2D eigenvalue weighted by atomic mass is 9.84. The lowest BCUT2D eigenvalue weighted by molar-refractivity contribution is -0.143. The summed E-state index contributed by atoms with van der Waals surface area (Å²) in [5, 5.41) is 9.10. The molecule has 3 unspecified atom stereocenters. The number of fused-ring (bicyclic) bond motifs is 1. The Balaban J connectivity index is 1.79. The minimum Gasteiger partial charge on any atom is -0.497 e. The van der Waals surface area contributed by atoms with Crippen LogP contribution in [0.5, 0.6) is 5.75 Å². The summed E-state index contributed by atoms with van der Waals surface area (Å²) in [4.78, 5) is 15.6. The Labute approximate surface area is 117 Å². The summed E-state index contributed by atoms with van der Waals surface area (Å²) in [7, 11) is 1.62. The summed E-state index contributed by atoms with van der Waals surface area (Å²) in [5.74, 6) is 0.332. The van der Waals surface area contributed by atoms with Crippen LogP contribution in [-0.2, 0) is 9.53 Å². The lowest BCUT2D eigenvalue weighted by Gasteiger charge is -2.26. The summed E-state index contributed by atoms with van der Waals surface area (Å²) < 4.78 is 11.1. The van der Waals surface area contributed by atoms with Crippen molar-refractivity contribution in [1.82, 2.24) is 0 Å². The van der Waals surface area contributed by atoms with Crippen LogP contribution in [0.2, 0.25) is 0 Å². The summed E-state index contributed by atoms with van der Waals surface area (Å²) >= 11 is 0. The molecule has 1 aromatic rings. The molecule has 1 N–H and O–H groups in total. The van der Waals surface area contributed by atoms with Gasteiger partial charge in [0.15, 0.2) is 0 Å². The fraction of sp³-hybridized carbons (Fsp3) is 0.467. The zero-order chi connectivity index (χ0) is 14.1. The Morgan fingerprint density at radius 1 is 1.45 bits per heavy atom. The van der Waals surface area contributed by atoms with E-state index in [9.17, 15) is 4.79 Å². The van der Waals surface area contributed by atoms with Crippen LogP contribution in [0.1, 0.15) is 24.8 Å². The molecule has 5 heteroatoms. The average molecular weight is 275 g/mol. The molecule has 3 atom stereocenters. The standard InChI is InChI=1S/C15H17NO4/c1-19-11-4-2-3-9(7-11)14-16-12-8-10(15(17)18)5-6-13(12)20-14/h2-4,7,10,12-13H,5-6,8H2,1H3,(H,17,18). The molecule has 1 aromatic carbocycles. The summed E-state index contributed by atoms with van der Waals surface area (Å²) in [6, 6.07) is 7.53. The molecule has 106 valence electrons. The van der Waals surface area contributed by atoms with Gasteiger partial charge in [-0.05, 0) is 37.5 Å². The van der Waals surface area contributed by atoms with E-state index in [1.54, 1.807) is 7.11 Å². The summed E-state index contributed by atoms with van der Waals surface area (Å²) in [6.45, 7) is 0. The Bertz CT molecular complexity index is 555. The molecule has 1 aliphatic carbocycles. The van der Waals surface area contributed by atoms with Gasteiger partial charge in [-0.2, -0.15) is 0 Å². The molecule has 0 bridgehead atoms. The van der Waals surface area contributed by atoms with Gasteiger partial charge in [0.2, 0.25) is 5.90 Å². The highest BCUT2D eigenvalue weighted by Gasteiger charge is 2.39. The predicted octanol–water partition coefficient (Wildman–Crippen LogP) is 2.09. The first-order valence-electron chi connectivity index (χ1n) is 6.79. The number of nitrogens with zero attached hydrogens (tertiary/aromatic N) is 1. The van der Waals surface area contributed by atoms with E-state index in [1.807, 2.05) is 24.3 Å². The number of carbonyl (C=O) groups is 1. The maximum atomic E-state index is 11.1. The first kappa shape index (κ1) is 13.0. The lowest BCUT2D eigenvalue weighted by Crippen LogP contribution is -2.33. The van der Waals surface area contributed by atoms with Crippen molar-refractivity contribution in [3.63, 3.8) is 0 Å². The molecule has 0 saturated heterocycles. The van der Waals surface area contributed by atoms with Gasteiger partial charge in [0.05, 0.1) is 19.1 Å². The fourth-order valence-electron chi connectivity index (χ4n) is 2.84. The van der Waals surface area contributed by atoms with E-state index in [1.165, 1.54) is 0 Å². The van der Waals surface area contributed by atoms with Crippen LogP contribution in [0.3, 0.4) is 0 Å². The molecule has 0 amide bonds. The van der Waals surface area contributed by atoms with E-state index in [0.717, 1.165) is 17.7 Å². The van der Waals surface area contributed by atoms with Crippen molar-refractivity contribution in [1.29, 1.82) is 0 Å². The van der Waals surface area contributed by atoms with E-state index in [2.05, 4.69) is 4.99 Å². The summed E-state index contributed by atoms with van der Waals surface area (Å²) in [6.07, 6.45) is 2.00. The van der Waals surface area contributed by atoms with Crippen molar-refractivity contribution in [3.05, 3.63) is 29.8 Å². The van der Waals surface area contributed by atoms with Crippen molar-refractivity contribution < 1.29 is 19.4 Å². The van der Waals surface area contributed by atoms with Crippen LogP contribution in [0, 0.1) is 5.92 Å². The average Bonchev–Trinajstić information content (AvgIpc) is 2.90. The predicted molar refractivity (Wildman–Crippen MR) is 73.2 cm³/mol. The number of rotatable bonds is 3. The monoisotopic (exact) mass is 275 g/mol. The molecule has 1 heterocycles. The first-order valence-corrected chi connectivity index (χ1v) is 6.79. The van der Waals surface area contributed by atoms with Gasteiger partial charge in [-0.25, -0.2) is 4.99 Å². The Kier molecular flexibility index (Phi) is 3.34. The van der Waals surface area contributed by atoms with Crippen molar-refractivity contribution in [3.8, 4) is 5.75 Å². The molecule has 1 aliphatic heterocycles. The number of aliphatic carboxylic acids is 1. The molecule has 1 saturated carbocycles. The van der Waals surface area contributed by atoms with Gasteiger partial charge in [0, 0.05) is 5.56 Å². The van der Waals surface area contributed by atoms with Crippen LogP contribution in [0.15, 0.2) is 29.3 Å². The highest BCUT2D eigenvalue weighted by atomic mass is 16.5. The van der Waals surface area contributed by atoms with Crippen LogP contribution in [0.4, 0.5) is 0 Å². The number of hydrogen-bond donors (Lipinski definition) is 1. The maximum absolute atomic E-state index is 11.1.